The van der Waals surface area contributed by atoms with E-state index in [4.69, 9.17) is 9.57 Å². The van der Waals surface area contributed by atoms with Crippen LogP contribution < -0.4 is 5.06 Å². The maximum Gasteiger partial charge on any atom is 0.264 e. The van der Waals surface area contributed by atoms with Crippen molar-refractivity contribution >= 4 is 17.5 Å². The van der Waals surface area contributed by atoms with Gasteiger partial charge in [-0.15, -0.1) is 0 Å². The van der Waals surface area contributed by atoms with E-state index in [1.165, 1.54) is 12.2 Å². The summed E-state index contributed by atoms with van der Waals surface area (Å²) < 4.78 is 6.16. The molecule has 4 heterocycles. The number of anilines is 1. The molecule has 3 saturated heterocycles. The molecule has 6 heteroatoms. The second kappa shape index (κ2) is 4.58. The topological polar surface area (TPSA) is 59.1 Å². The second-order valence-corrected chi connectivity index (χ2v) is 7.32. The van der Waals surface area contributed by atoms with Gasteiger partial charge in [0.25, 0.3) is 5.91 Å². The summed E-state index contributed by atoms with van der Waals surface area (Å²) in [6, 6.07) is 7.83. The maximum absolute atomic E-state index is 13.4. The lowest BCUT2D eigenvalue weighted by Crippen LogP contribution is -2.53. The minimum atomic E-state index is -0.754. The molecule has 4 fully saturated rings. The Hall–Kier alpha value is -1.92. The monoisotopic (exact) mass is 328 g/mol. The lowest BCUT2D eigenvalue weighted by Gasteiger charge is -2.38. The fourth-order valence-corrected chi connectivity index (χ4v) is 5.41. The molecule has 1 spiro atoms. The number of para-hydroxylation sites is 1. The van der Waals surface area contributed by atoms with Crippen LogP contribution in [0.4, 0.5) is 5.69 Å². The molecule has 1 aromatic carbocycles. The molecular formula is C18H20N2O4. The number of ether oxygens (including phenoxy) is 1. The fraction of sp³-hybridized carbons (Fsp3) is 0.556. The number of benzene rings is 1. The predicted molar refractivity (Wildman–Crippen MR) is 85.1 cm³/mol. The minimum Gasteiger partial charge on any atom is -0.376 e. The molecular weight excluding hydrogens is 308 g/mol. The second-order valence-electron chi connectivity index (χ2n) is 7.32. The number of rotatable bonds is 1. The number of carbonyl (C=O) groups is 2. The molecule has 4 aliphatic heterocycles. The van der Waals surface area contributed by atoms with E-state index in [2.05, 4.69) is 0 Å². The van der Waals surface area contributed by atoms with Gasteiger partial charge >= 0.3 is 0 Å². The molecule has 126 valence electrons. The number of amides is 2. The predicted octanol–water partition coefficient (Wildman–Crippen LogP) is 1.10. The van der Waals surface area contributed by atoms with Crippen molar-refractivity contribution < 1.29 is 19.2 Å². The Morgan fingerprint density at radius 2 is 2.08 bits per heavy atom. The molecule has 1 aliphatic carbocycles. The number of carbonyl (C=O) groups excluding carboxylic acids is 2. The molecule has 0 N–H and O–H groups in total. The molecule has 5 atom stereocenters. The van der Waals surface area contributed by atoms with Gasteiger partial charge in [0, 0.05) is 24.9 Å². The van der Waals surface area contributed by atoms with E-state index in [0.29, 0.717) is 19.4 Å². The van der Waals surface area contributed by atoms with Gasteiger partial charge in [0.15, 0.2) is 0 Å². The van der Waals surface area contributed by atoms with Gasteiger partial charge in [-0.05, 0) is 24.5 Å². The number of hydrogen-bond acceptors (Lipinski definition) is 4. The first-order chi connectivity index (χ1) is 11.6. The van der Waals surface area contributed by atoms with Crippen LogP contribution in [0.2, 0.25) is 0 Å². The zero-order chi connectivity index (χ0) is 16.6. The van der Waals surface area contributed by atoms with Crippen molar-refractivity contribution in [2.75, 3.05) is 25.8 Å². The van der Waals surface area contributed by atoms with Crippen LogP contribution >= 0.6 is 0 Å². The van der Waals surface area contributed by atoms with E-state index in [1.54, 1.807) is 0 Å². The molecule has 5 aliphatic rings. The molecule has 0 aromatic heterocycles. The molecule has 6 rings (SSSR count). The Balaban J connectivity index is 1.71. The average molecular weight is 328 g/mol. The molecule has 0 unspecified atom stereocenters. The van der Waals surface area contributed by atoms with E-state index >= 15 is 0 Å². The van der Waals surface area contributed by atoms with Crippen LogP contribution in [0.3, 0.4) is 0 Å². The summed E-state index contributed by atoms with van der Waals surface area (Å²) in [7, 11) is 3.38. The van der Waals surface area contributed by atoms with Crippen molar-refractivity contribution in [1.29, 1.82) is 0 Å². The van der Waals surface area contributed by atoms with Gasteiger partial charge in [-0.3, -0.25) is 14.4 Å². The van der Waals surface area contributed by atoms with Gasteiger partial charge in [0.05, 0.1) is 25.5 Å². The highest BCUT2D eigenvalue weighted by Gasteiger charge is 2.66. The Labute approximate surface area is 140 Å². The maximum atomic E-state index is 13.4. The van der Waals surface area contributed by atoms with E-state index < -0.39 is 5.41 Å². The fourth-order valence-electron chi connectivity index (χ4n) is 5.41. The summed E-state index contributed by atoms with van der Waals surface area (Å²) >= 11 is 0. The summed E-state index contributed by atoms with van der Waals surface area (Å²) in [5, 5.41) is 1.40. The van der Waals surface area contributed by atoms with Crippen LogP contribution in [-0.2, 0) is 24.6 Å². The standard InChI is InChI=1S/C18H20N2O4/c1-19-14-8-18(15-7-10(16(19)21)11(14)9-24-15)12-5-3-4-6-13(12)20(23-2)17(18)22/h3-6,10-11,14-15H,7-9H2,1-2H3/t10-,11+,14+,15-,18+/m1/s1. The van der Waals surface area contributed by atoms with Crippen molar-refractivity contribution in [2.24, 2.45) is 11.8 Å². The third-order valence-corrected chi connectivity index (χ3v) is 6.56. The van der Waals surface area contributed by atoms with Crippen LogP contribution in [0, 0.1) is 11.8 Å². The molecule has 1 saturated carbocycles. The minimum absolute atomic E-state index is 0.0188. The number of fused-ring (bicyclic) bond motifs is 2. The molecule has 1 aromatic rings. The highest BCUT2D eigenvalue weighted by Crippen LogP contribution is 2.57. The van der Waals surface area contributed by atoms with Gasteiger partial charge in [-0.2, -0.15) is 5.06 Å². The summed E-state index contributed by atoms with van der Waals surface area (Å²) in [6.45, 7) is 0.556. The largest absolute Gasteiger partial charge is 0.376 e. The van der Waals surface area contributed by atoms with Crippen molar-refractivity contribution in [3.05, 3.63) is 29.8 Å². The molecule has 2 amide bonds. The van der Waals surface area contributed by atoms with Crippen molar-refractivity contribution in [3.8, 4) is 0 Å². The first-order valence-electron chi connectivity index (χ1n) is 8.46. The van der Waals surface area contributed by atoms with E-state index in [0.717, 1.165) is 11.3 Å². The zero-order valence-corrected chi connectivity index (χ0v) is 13.8. The number of nitrogens with zero attached hydrogens (tertiary/aromatic N) is 2. The SMILES string of the molecule is CON1C(=O)[C@@]2(C[C@H]3[C@H]4CO[C@@H]2C[C@H]4C(=O)N3C)c2ccccc21. The average Bonchev–Trinajstić information content (AvgIpc) is 2.85. The van der Waals surface area contributed by atoms with Crippen LogP contribution in [0.5, 0.6) is 0 Å². The lowest BCUT2D eigenvalue weighted by atomic mass is 9.71. The van der Waals surface area contributed by atoms with Crippen LogP contribution in [-0.4, -0.2) is 49.6 Å². The highest BCUT2D eigenvalue weighted by atomic mass is 16.7. The summed E-state index contributed by atoms with van der Waals surface area (Å²) in [5.41, 5.74) is 1.01. The number of likely N-dealkylation sites (tertiary alicyclic amines) is 1. The summed E-state index contributed by atoms with van der Waals surface area (Å²) in [4.78, 5) is 33.2. The number of hydroxylamine groups is 1. The van der Waals surface area contributed by atoms with Crippen LogP contribution in [0.25, 0.3) is 0 Å². The summed E-state index contributed by atoms with van der Waals surface area (Å²) in [6.07, 6.45) is 0.953. The molecule has 0 radical (unpaired) electrons. The van der Waals surface area contributed by atoms with Gasteiger partial charge in [0.2, 0.25) is 5.91 Å². The third kappa shape index (κ3) is 1.45. The Morgan fingerprint density at radius 1 is 1.29 bits per heavy atom. The molecule has 4 bridgehead atoms. The van der Waals surface area contributed by atoms with Gasteiger partial charge in [0.1, 0.15) is 5.41 Å². The van der Waals surface area contributed by atoms with Gasteiger partial charge < -0.3 is 9.64 Å². The van der Waals surface area contributed by atoms with E-state index in [9.17, 15) is 9.59 Å². The first-order valence-corrected chi connectivity index (χ1v) is 8.46. The van der Waals surface area contributed by atoms with Crippen molar-refractivity contribution in [1.82, 2.24) is 4.90 Å². The van der Waals surface area contributed by atoms with Gasteiger partial charge in [-0.25, -0.2) is 0 Å². The van der Waals surface area contributed by atoms with Crippen molar-refractivity contribution in [2.45, 2.75) is 30.4 Å². The lowest BCUT2D eigenvalue weighted by molar-refractivity contribution is -0.145. The zero-order valence-electron chi connectivity index (χ0n) is 13.8. The molecule has 6 nitrogen and oxygen atoms in total. The smallest absolute Gasteiger partial charge is 0.264 e. The third-order valence-electron chi connectivity index (χ3n) is 6.56. The highest BCUT2D eigenvalue weighted by molar-refractivity contribution is 6.07. The normalized spacial score (nSPS) is 39.8. The van der Waals surface area contributed by atoms with Crippen LogP contribution in [0.1, 0.15) is 18.4 Å². The summed E-state index contributed by atoms with van der Waals surface area (Å²) in [5.74, 6) is 0.310. The van der Waals surface area contributed by atoms with Crippen molar-refractivity contribution in [3.63, 3.8) is 0 Å². The Bertz CT molecular complexity index is 750. The Morgan fingerprint density at radius 3 is 2.88 bits per heavy atom. The van der Waals surface area contributed by atoms with Crippen LogP contribution in [0.15, 0.2) is 24.3 Å². The molecule has 24 heavy (non-hydrogen) atoms. The quantitative estimate of drug-likeness (QED) is 0.774. The van der Waals surface area contributed by atoms with Gasteiger partial charge in [-0.1, -0.05) is 18.2 Å². The first kappa shape index (κ1) is 14.4. The number of hydrogen-bond donors (Lipinski definition) is 0. The van der Waals surface area contributed by atoms with E-state index in [1.807, 2.05) is 36.2 Å². The van der Waals surface area contributed by atoms with E-state index in [-0.39, 0.29) is 35.8 Å². The Kier molecular flexibility index (Phi) is 2.75.